The maximum absolute atomic E-state index is 13.2. The molecule has 2 aromatic carbocycles. The Balaban J connectivity index is 1.45. The number of anilines is 1. The summed E-state index contributed by atoms with van der Waals surface area (Å²) in [4.78, 5) is 17.5. The molecule has 1 atom stereocenters. The minimum Gasteiger partial charge on any atom is -0.312 e. The lowest BCUT2D eigenvalue weighted by Gasteiger charge is -2.34. The van der Waals surface area contributed by atoms with E-state index in [1.54, 1.807) is 6.07 Å². The SMILES string of the molecule is O=C(C1CCCN(Cc2ccc(Cl)cc2Cl)C1)N1CCc2cc(Br)ccc21. The minimum absolute atomic E-state index is 0.0411. The van der Waals surface area contributed by atoms with Gasteiger partial charge >= 0.3 is 0 Å². The van der Waals surface area contributed by atoms with E-state index in [-0.39, 0.29) is 11.8 Å². The van der Waals surface area contributed by atoms with Gasteiger partial charge in [0.15, 0.2) is 0 Å². The Bertz CT molecular complexity index is 873. The van der Waals surface area contributed by atoms with Crippen molar-refractivity contribution in [2.45, 2.75) is 25.8 Å². The van der Waals surface area contributed by atoms with Crippen molar-refractivity contribution < 1.29 is 4.79 Å². The number of amides is 1. The van der Waals surface area contributed by atoms with Crippen molar-refractivity contribution in [1.29, 1.82) is 0 Å². The van der Waals surface area contributed by atoms with Crippen molar-refractivity contribution in [3.8, 4) is 0 Å². The Morgan fingerprint density at radius 2 is 2.00 bits per heavy atom. The van der Waals surface area contributed by atoms with Crippen LogP contribution in [0.1, 0.15) is 24.0 Å². The number of carbonyl (C=O) groups excluding carboxylic acids is 1. The molecule has 0 aromatic heterocycles. The zero-order valence-corrected chi connectivity index (χ0v) is 18.0. The van der Waals surface area contributed by atoms with Gasteiger partial charge in [0.2, 0.25) is 5.91 Å². The number of fused-ring (bicyclic) bond motifs is 1. The smallest absolute Gasteiger partial charge is 0.231 e. The van der Waals surface area contributed by atoms with Crippen LogP contribution in [0, 0.1) is 5.92 Å². The van der Waals surface area contributed by atoms with Crippen molar-refractivity contribution in [2.75, 3.05) is 24.5 Å². The summed E-state index contributed by atoms with van der Waals surface area (Å²) in [5.41, 5.74) is 3.38. The van der Waals surface area contributed by atoms with Gasteiger partial charge in [-0.15, -0.1) is 0 Å². The van der Waals surface area contributed by atoms with E-state index in [4.69, 9.17) is 23.2 Å². The van der Waals surface area contributed by atoms with Gasteiger partial charge in [0.25, 0.3) is 0 Å². The van der Waals surface area contributed by atoms with E-state index in [0.717, 1.165) is 61.2 Å². The molecule has 0 spiro atoms. The first-order valence-corrected chi connectivity index (χ1v) is 10.8. The third kappa shape index (κ3) is 4.19. The predicted octanol–water partition coefficient (Wildman–Crippen LogP) is 5.56. The molecule has 0 radical (unpaired) electrons. The summed E-state index contributed by atoms with van der Waals surface area (Å²) < 4.78 is 1.07. The lowest BCUT2D eigenvalue weighted by atomic mass is 9.96. The molecule has 0 aliphatic carbocycles. The molecule has 4 rings (SSSR count). The second-order valence-corrected chi connectivity index (χ2v) is 9.08. The first kappa shape index (κ1) is 19.3. The van der Waals surface area contributed by atoms with Gasteiger partial charge in [-0.25, -0.2) is 0 Å². The second kappa shape index (κ2) is 8.12. The Morgan fingerprint density at radius 3 is 2.81 bits per heavy atom. The lowest BCUT2D eigenvalue weighted by molar-refractivity contribution is -0.124. The highest BCUT2D eigenvalue weighted by Crippen LogP contribution is 2.33. The molecule has 2 heterocycles. The molecule has 0 saturated carbocycles. The third-order valence-corrected chi connectivity index (χ3v) is 6.55. The first-order chi connectivity index (χ1) is 13.0. The number of carbonyl (C=O) groups is 1. The fraction of sp³-hybridized carbons (Fsp3) is 0.381. The molecule has 1 saturated heterocycles. The highest BCUT2D eigenvalue weighted by molar-refractivity contribution is 9.10. The van der Waals surface area contributed by atoms with Crippen molar-refractivity contribution in [2.24, 2.45) is 5.92 Å². The molecule has 1 amide bonds. The van der Waals surface area contributed by atoms with Gasteiger partial charge in [-0.05, 0) is 67.3 Å². The summed E-state index contributed by atoms with van der Waals surface area (Å²) >= 11 is 15.8. The summed E-state index contributed by atoms with van der Waals surface area (Å²) in [6, 6.07) is 11.8. The van der Waals surface area contributed by atoms with Crippen LogP contribution in [0.2, 0.25) is 10.0 Å². The molecule has 1 unspecified atom stereocenters. The molecular formula is C21H21BrCl2N2O. The van der Waals surface area contributed by atoms with E-state index in [0.29, 0.717) is 10.0 Å². The highest BCUT2D eigenvalue weighted by atomic mass is 79.9. The van der Waals surface area contributed by atoms with Crippen LogP contribution < -0.4 is 4.90 Å². The summed E-state index contributed by atoms with van der Waals surface area (Å²) in [5, 5.41) is 1.34. The maximum Gasteiger partial charge on any atom is 0.231 e. The van der Waals surface area contributed by atoms with Gasteiger partial charge in [0.05, 0.1) is 5.92 Å². The average molecular weight is 468 g/mol. The normalized spacial score (nSPS) is 20.0. The monoisotopic (exact) mass is 466 g/mol. The number of nitrogens with zero attached hydrogens (tertiary/aromatic N) is 2. The molecule has 1 fully saturated rings. The van der Waals surface area contributed by atoms with E-state index in [1.807, 2.05) is 23.1 Å². The van der Waals surface area contributed by atoms with Crippen LogP contribution in [-0.2, 0) is 17.8 Å². The van der Waals surface area contributed by atoms with E-state index in [2.05, 4.69) is 33.0 Å². The van der Waals surface area contributed by atoms with Crippen LogP contribution in [0.4, 0.5) is 5.69 Å². The number of likely N-dealkylation sites (tertiary alicyclic amines) is 1. The van der Waals surface area contributed by atoms with Gasteiger partial charge in [-0.1, -0.05) is 45.2 Å². The summed E-state index contributed by atoms with van der Waals surface area (Å²) in [5.74, 6) is 0.294. The number of rotatable bonds is 3. The Hall–Kier alpha value is -1.07. The fourth-order valence-corrected chi connectivity index (χ4v) is 4.99. The number of piperidine rings is 1. The van der Waals surface area contributed by atoms with E-state index in [9.17, 15) is 4.79 Å². The third-order valence-electron chi connectivity index (χ3n) is 5.47. The average Bonchev–Trinajstić information content (AvgIpc) is 3.06. The van der Waals surface area contributed by atoms with Gasteiger partial charge < -0.3 is 4.90 Å². The molecule has 6 heteroatoms. The Kier molecular flexibility index (Phi) is 5.79. The van der Waals surface area contributed by atoms with Crippen molar-refractivity contribution in [3.05, 3.63) is 62.0 Å². The Morgan fingerprint density at radius 1 is 1.15 bits per heavy atom. The van der Waals surface area contributed by atoms with Crippen LogP contribution in [-0.4, -0.2) is 30.4 Å². The number of hydrogen-bond acceptors (Lipinski definition) is 2. The summed E-state index contributed by atoms with van der Waals surface area (Å²) in [6.07, 6.45) is 2.91. The van der Waals surface area contributed by atoms with Crippen LogP contribution in [0.25, 0.3) is 0 Å². The van der Waals surface area contributed by atoms with E-state index < -0.39 is 0 Å². The van der Waals surface area contributed by atoms with Gasteiger partial charge in [-0.3, -0.25) is 9.69 Å². The van der Waals surface area contributed by atoms with Crippen LogP contribution in [0.15, 0.2) is 40.9 Å². The maximum atomic E-state index is 13.2. The van der Waals surface area contributed by atoms with Gasteiger partial charge in [-0.2, -0.15) is 0 Å². The molecule has 2 aliphatic rings. The first-order valence-electron chi connectivity index (χ1n) is 9.27. The van der Waals surface area contributed by atoms with Crippen molar-refractivity contribution in [3.63, 3.8) is 0 Å². The molecule has 0 N–H and O–H groups in total. The van der Waals surface area contributed by atoms with Crippen LogP contribution in [0.5, 0.6) is 0 Å². The zero-order valence-electron chi connectivity index (χ0n) is 14.9. The molecular weight excluding hydrogens is 447 g/mol. The Labute approximate surface area is 178 Å². The highest BCUT2D eigenvalue weighted by Gasteiger charge is 2.33. The van der Waals surface area contributed by atoms with E-state index in [1.165, 1.54) is 5.56 Å². The molecule has 2 aromatic rings. The van der Waals surface area contributed by atoms with Crippen LogP contribution >= 0.6 is 39.1 Å². The van der Waals surface area contributed by atoms with Gasteiger partial charge in [0, 0.05) is 39.8 Å². The number of benzene rings is 2. The van der Waals surface area contributed by atoms with Crippen molar-refractivity contribution >= 4 is 50.7 Å². The molecule has 2 aliphatic heterocycles. The number of hydrogen-bond donors (Lipinski definition) is 0. The number of halogens is 3. The molecule has 3 nitrogen and oxygen atoms in total. The minimum atomic E-state index is 0.0411. The summed E-state index contributed by atoms with van der Waals surface area (Å²) in [6.45, 7) is 3.31. The summed E-state index contributed by atoms with van der Waals surface area (Å²) in [7, 11) is 0. The van der Waals surface area contributed by atoms with Crippen LogP contribution in [0.3, 0.4) is 0 Å². The topological polar surface area (TPSA) is 23.6 Å². The standard InChI is InChI=1S/C21H21BrCl2N2O/c22-17-4-6-20-14(10-17)7-9-26(20)21(27)16-2-1-8-25(13-16)12-15-3-5-18(23)11-19(15)24/h3-6,10-11,16H,1-2,7-9,12-13H2. The van der Waals surface area contributed by atoms with Gasteiger partial charge in [0.1, 0.15) is 0 Å². The molecule has 142 valence electrons. The van der Waals surface area contributed by atoms with E-state index >= 15 is 0 Å². The molecule has 0 bridgehead atoms. The fourth-order valence-electron chi connectivity index (χ4n) is 4.11. The molecule has 27 heavy (non-hydrogen) atoms. The predicted molar refractivity (Wildman–Crippen MR) is 115 cm³/mol. The quantitative estimate of drug-likeness (QED) is 0.590. The largest absolute Gasteiger partial charge is 0.312 e. The van der Waals surface area contributed by atoms with Crippen molar-refractivity contribution in [1.82, 2.24) is 4.90 Å². The second-order valence-electron chi connectivity index (χ2n) is 7.32. The zero-order chi connectivity index (χ0) is 19.0. The lowest BCUT2D eigenvalue weighted by Crippen LogP contribution is -2.44.